The van der Waals surface area contributed by atoms with Crippen molar-refractivity contribution in [2.75, 3.05) is 12.3 Å². The van der Waals surface area contributed by atoms with Gasteiger partial charge < -0.3 is 9.42 Å². The first-order valence-electron chi connectivity index (χ1n) is 8.59. The number of rotatable bonds is 2. The molecule has 138 valence electrons. The van der Waals surface area contributed by atoms with Crippen molar-refractivity contribution in [2.24, 2.45) is 0 Å². The zero-order chi connectivity index (χ0) is 19.0. The van der Waals surface area contributed by atoms with Gasteiger partial charge in [0.25, 0.3) is 5.91 Å². The maximum absolute atomic E-state index is 13.3. The molecule has 1 aliphatic rings. The maximum Gasteiger partial charge on any atom is 0.260 e. The number of sulfone groups is 1. The third kappa shape index (κ3) is 3.14. The number of hydrogen-bond acceptors (Lipinski definition) is 5. The van der Waals surface area contributed by atoms with E-state index >= 15 is 0 Å². The number of benzene rings is 2. The average molecular weight is 382 g/mol. The van der Waals surface area contributed by atoms with Crippen LogP contribution < -0.4 is 0 Å². The van der Waals surface area contributed by atoms with Crippen LogP contribution in [0, 0.1) is 6.92 Å². The minimum Gasteiger partial charge on any atom is -0.360 e. The second kappa shape index (κ2) is 6.66. The molecule has 27 heavy (non-hydrogen) atoms. The van der Waals surface area contributed by atoms with Gasteiger partial charge in [-0.15, -0.1) is 0 Å². The third-order valence-corrected chi connectivity index (χ3v) is 6.50. The second-order valence-corrected chi connectivity index (χ2v) is 8.56. The Labute approximate surface area is 157 Å². The minimum atomic E-state index is -3.42. The van der Waals surface area contributed by atoms with E-state index < -0.39 is 9.84 Å². The molecular formula is C20H18N2O4S. The van der Waals surface area contributed by atoms with Gasteiger partial charge in [-0.1, -0.05) is 53.7 Å². The van der Waals surface area contributed by atoms with Gasteiger partial charge in [0.05, 0.1) is 10.6 Å². The van der Waals surface area contributed by atoms with Crippen molar-refractivity contribution < 1.29 is 17.7 Å². The molecule has 0 aliphatic carbocycles. The maximum atomic E-state index is 13.3. The molecule has 0 saturated carbocycles. The van der Waals surface area contributed by atoms with Gasteiger partial charge in [0.2, 0.25) is 0 Å². The van der Waals surface area contributed by atoms with Gasteiger partial charge in [-0.05, 0) is 18.6 Å². The highest BCUT2D eigenvalue weighted by atomic mass is 32.2. The lowest BCUT2D eigenvalue weighted by atomic mass is 10.0. The number of aryl methyl sites for hydroxylation is 1. The third-order valence-electron chi connectivity index (χ3n) is 4.71. The summed E-state index contributed by atoms with van der Waals surface area (Å²) in [6.45, 7) is 2.04. The zero-order valence-electron chi connectivity index (χ0n) is 14.8. The fourth-order valence-corrected chi connectivity index (χ4v) is 4.81. The Kier molecular flexibility index (Phi) is 4.31. The lowest BCUT2D eigenvalue weighted by Gasteiger charge is -2.20. The van der Waals surface area contributed by atoms with Gasteiger partial charge in [-0.25, -0.2) is 8.42 Å². The number of carbonyl (C=O) groups excluding carboxylic acids is 1. The average Bonchev–Trinajstić information content (AvgIpc) is 3.00. The number of fused-ring (bicyclic) bond motifs is 1. The summed E-state index contributed by atoms with van der Waals surface area (Å²) in [5.74, 6) is 0.0274. The molecule has 0 bridgehead atoms. The first-order chi connectivity index (χ1) is 13.0. The minimum absolute atomic E-state index is 0.110. The molecule has 1 amide bonds. The Balaban J connectivity index is 1.74. The van der Waals surface area contributed by atoms with E-state index in [4.69, 9.17) is 4.52 Å². The van der Waals surface area contributed by atoms with E-state index in [2.05, 4.69) is 5.16 Å². The van der Waals surface area contributed by atoms with Crippen molar-refractivity contribution in [3.63, 3.8) is 0 Å². The van der Waals surface area contributed by atoms with Gasteiger partial charge in [-0.3, -0.25) is 4.79 Å². The van der Waals surface area contributed by atoms with Crippen molar-refractivity contribution in [3.8, 4) is 11.3 Å². The summed E-state index contributed by atoms with van der Waals surface area (Å²) >= 11 is 0. The molecular weight excluding hydrogens is 364 g/mol. The Hall–Kier alpha value is -2.93. The van der Waals surface area contributed by atoms with Crippen molar-refractivity contribution >= 4 is 15.7 Å². The number of carbonyl (C=O) groups is 1. The molecule has 2 heterocycles. The van der Waals surface area contributed by atoms with Crippen molar-refractivity contribution in [3.05, 3.63) is 71.5 Å². The van der Waals surface area contributed by atoms with Gasteiger partial charge in [0.15, 0.2) is 9.84 Å². The molecule has 4 rings (SSSR count). The van der Waals surface area contributed by atoms with Crippen molar-refractivity contribution in [1.82, 2.24) is 10.1 Å². The lowest BCUT2D eigenvalue weighted by molar-refractivity contribution is 0.0753. The fraction of sp³-hybridized carbons (Fsp3) is 0.200. The molecule has 0 unspecified atom stereocenters. The van der Waals surface area contributed by atoms with Gasteiger partial charge >= 0.3 is 0 Å². The summed E-state index contributed by atoms with van der Waals surface area (Å²) in [5, 5.41) is 4.06. The van der Waals surface area contributed by atoms with Crippen LogP contribution in [-0.2, 0) is 16.4 Å². The monoisotopic (exact) mass is 382 g/mol. The Morgan fingerprint density at radius 1 is 1.07 bits per heavy atom. The second-order valence-electron chi connectivity index (χ2n) is 6.48. The summed E-state index contributed by atoms with van der Waals surface area (Å²) < 4.78 is 30.4. The molecule has 0 radical (unpaired) electrons. The molecule has 1 aromatic heterocycles. The standard InChI is InChI=1S/C20H18N2O4S/c1-14-18(19(21-26-14)15-7-3-2-4-8-15)20(23)22-11-12-27(24,25)17-10-6-5-9-16(17)13-22/h2-10H,11-13H2,1H3. The Morgan fingerprint density at radius 3 is 2.56 bits per heavy atom. The van der Waals surface area contributed by atoms with E-state index in [0.717, 1.165) is 5.56 Å². The van der Waals surface area contributed by atoms with Crippen molar-refractivity contribution in [1.29, 1.82) is 0 Å². The molecule has 0 fully saturated rings. The predicted molar refractivity (Wildman–Crippen MR) is 99.9 cm³/mol. The largest absolute Gasteiger partial charge is 0.360 e. The highest BCUT2D eigenvalue weighted by Gasteiger charge is 2.31. The van der Waals surface area contributed by atoms with Crippen LogP contribution in [0.5, 0.6) is 0 Å². The number of amides is 1. The van der Waals surface area contributed by atoms with E-state index in [0.29, 0.717) is 27.5 Å². The molecule has 0 N–H and O–H groups in total. The molecule has 3 aromatic rings. The SMILES string of the molecule is Cc1onc(-c2ccccc2)c1C(=O)N1CCS(=O)(=O)c2ccccc2C1. The summed E-state index contributed by atoms with van der Waals surface area (Å²) in [6.07, 6.45) is 0. The van der Waals surface area contributed by atoms with Crippen LogP contribution in [0.1, 0.15) is 21.7 Å². The topological polar surface area (TPSA) is 80.5 Å². The van der Waals surface area contributed by atoms with Crippen LogP contribution in [0.15, 0.2) is 64.0 Å². The fourth-order valence-electron chi connectivity index (χ4n) is 3.31. The predicted octanol–water partition coefficient (Wildman–Crippen LogP) is 3.08. The van der Waals surface area contributed by atoms with Gasteiger partial charge in [0, 0.05) is 18.7 Å². The molecule has 2 aromatic carbocycles. The summed E-state index contributed by atoms with van der Waals surface area (Å²) in [5.41, 5.74) is 2.25. The molecule has 0 saturated heterocycles. The summed E-state index contributed by atoms with van der Waals surface area (Å²) in [4.78, 5) is 15.1. The Bertz CT molecular complexity index is 1100. The lowest BCUT2D eigenvalue weighted by Crippen LogP contribution is -2.33. The normalized spacial score (nSPS) is 15.8. The summed E-state index contributed by atoms with van der Waals surface area (Å²) in [6, 6.07) is 16.1. The van der Waals surface area contributed by atoms with E-state index in [1.807, 2.05) is 30.3 Å². The first-order valence-corrected chi connectivity index (χ1v) is 10.2. The molecule has 6 nitrogen and oxygen atoms in total. The van der Waals surface area contributed by atoms with Crippen LogP contribution >= 0.6 is 0 Å². The quantitative estimate of drug-likeness (QED) is 0.680. The van der Waals surface area contributed by atoms with Crippen LogP contribution in [0.2, 0.25) is 0 Å². The van der Waals surface area contributed by atoms with Crippen LogP contribution in [0.3, 0.4) is 0 Å². The highest BCUT2D eigenvalue weighted by Crippen LogP contribution is 2.29. The van der Waals surface area contributed by atoms with Crippen LogP contribution in [-0.4, -0.2) is 36.7 Å². The smallest absolute Gasteiger partial charge is 0.260 e. The van der Waals surface area contributed by atoms with Crippen LogP contribution in [0.25, 0.3) is 11.3 Å². The number of hydrogen-bond donors (Lipinski definition) is 0. The van der Waals surface area contributed by atoms with Gasteiger partial charge in [0.1, 0.15) is 17.0 Å². The zero-order valence-corrected chi connectivity index (χ0v) is 15.6. The van der Waals surface area contributed by atoms with Crippen LogP contribution in [0.4, 0.5) is 0 Å². The van der Waals surface area contributed by atoms with Crippen molar-refractivity contribution in [2.45, 2.75) is 18.4 Å². The molecule has 1 aliphatic heterocycles. The molecule has 7 heteroatoms. The van der Waals surface area contributed by atoms with E-state index in [1.165, 1.54) is 0 Å². The Morgan fingerprint density at radius 2 is 1.78 bits per heavy atom. The van der Waals surface area contributed by atoms with Gasteiger partial charge in [-0.2, -0.15) is 0 Å². The molecule has 0 spiro atoms. The molecule has 0 atom stereocenters. The summed E-state index contributed by atoms with van der Waals surface area (Å²) in [7, 11) is -3.42. The van der Waals surface area contributed by atoms with E-state index in [-0.39, 0.29) is 24.7 Å². The number of nitrogens with zero attached hydrogens (tertiary/aromatic N) is 2. The first kappa shape index (κ1) is 17.5. The van der Waals surface area contributed by atoms with E-state index in [1.54, 1.807) is 36.1 Å². The highest BCUT2D eigenvalue weighted by molar-refractivity contribution is 7.91. The number of aromatic nitrogens is 1. The van der Waals surface area contributed by atoms with E-state index in [9.17, 15) is 13.2 Å².